The van der Waals surface area contributed by atoms with Crippen LogP contribution in [-0.2, 0) is 25.6 Å². The lowest BCUT2D eigenvalue weighted by atomic mass is 9.92. The molecule has 0 amide bonds. The van der Waals surface area contributed by atoms with Gasteiger partial charge in [-0.3, -0.25) is 19.4 Å². The molecule has 1 saturated heterocycles. The molecule has 1 fully saturated rings. The topological polar surface area (TPSA) is 63.4 Å². The van der Waals surface area contributed by atoms with Gasteiger partial charge in [0.25, 0.3) is 5.56 Å². The predicted molar refractivity (Wildman–Crippen MR) is 111 cm³/mol. The molecule has 0 radical (unpaired) electrons. The molecule has 1 aliphatic rings. The first kappa shape index (κ1) is 20.5. The van der Waals surface area contributed by atoms with Crippen LogP contribution in [0.4, 0.5) is 0 Å². The third-order valence-electron chi connectivity index (χ3n) is 5.28. The van der Waals surface area contributed by atoms with Gasteiger partial charge in [-0.1, -0.05) is 26.8 Å². The van der Waals surface area contributed by atoms with Crippen LogP contribution in [0, 0.1) is 0 Å². The Morgan fingerprint density at radius 2 is 1.54 bits per heavy atom. The Balaban J connectivity index is 1.51. The molecule has 1 aliphatic heterocycles. The summed E-state index contributed by atoms with van der Waals surface area (Å²) in [7, 11) is 1.79. The Morgan fingerprint density at radius 1 is 0.893 bits per heavy atom. The third kappa shape index (κ3) is 5.17. The monoisotopic (exact) mass is 385 g/mol. The van der Waals surface area contributed by atoms with Crippen molar-refractivity contribution in [1.82, 2.24) is 24.1 Å². The zero-order valence-corrected chi connectivity index (χ0v) is 17.4. The Labute approximate surface area is 166 Å². The van der Waals surface area contributed by atoms with E-state index in [1.807, 2.05) is 18.3 Å². The van der Waals surface area contributed by atoms with E-state index in [0.29, 0.717) is 6.54 Å². The van der Waals surface area contributed by atoms with Crippen molar-refractivity contribution in [3.63, 3.8) is 0 Å². The van der Waals surface area contributed by atoms with Crippen LogP contribution in [0.5, 0.6) is 0 Å². The minimum absolute atomic E-state index is 0.0213. The van der Waals surface area contributed by atoms with Gasteiger partial charge in [0.05, 0.1) is 12.2 Å². The molecule has 0 spiro atoms. The fourth-order valence-corrected chi connectivity index (χ4v) is 3.42. The quantitative estimate of drug-likeness (QED) is 0.770. The maximum absolute atomic E-state index is 12.1. The second-order valence-electron chi connectivity index (χ2n) is 8.63. The van der Waals surface area contributed by atoms with Crippen LogP contribution >= 0.6 is 0 Å². The normalized spacial score (nSPS) is 16.4. The molecule has 0 atom stereocenters. The van der Waals surface area contributed by atoms with Crippen LogP contribution in [0.2, 0.25) is 0 Å². The summed E-state index contributed by atoms with van der Waals surface area (Å²) < 4.78 is 3.22. The average molecular weight is 386 g/mol. The molecule has 0 aliphatic carbocycles. The van der Waals surface area contributed by atoms with Gasteiger partial charge >= 0.3 is 0 Å². The summed E-state index contributed by atoms with van der Waals surface area (Å²) in [6.07, 6.45) is 1.91. The fraction of sp³-hybridized carbons (Fsp3) is 0.571. The first-order valence-electron chi connectivity index (χ1n) is 9.91. The van der Waals surface area contributed by atoms with E-state index < -0.39 is 0 Å². The summed E-state index contributed by atoms with van der Waals surface area (Å²) in [4.78, 5) is 28.4. The van der Waals surface area contributed by atoms with Gasteiger partial charge in [-0.05, 0) is 11.6 Å². The third-order valence-corrected chi connectivity index (χ3v) is 5.28. The van der Waals surface area contributed by atoms with Crippen molar-refractivity contribution in [1.29, 1.82) is 0 Å². The summed E-state index contributed by atoms with van der Waals surface area (Å²) in [5.74, 6) is 0. The minimum Gasteiger partial charge on any atom is -0.318 e. The van der Waals surface area contributed by atoms with Gasteiger partial charge in [0.1, 0.15) is 0 Å². The second kappa shape index (κ2) is 8.41. The molecule has 7 heteroatoms. The van der Waals surface area contributed by atoms with E-state index in [0.717, 1.165) is 50.5 Å². The number of aromatic nitrogens is 3. The lowest BCUT2D eigenvalue weighted by Crippen LogP contribution is -2.47. The highest BCUT2D eigenvalue weighted by Crippen LogP contribution is 2.18. The maximum atomic E-state index is 12.1. The predicted octanol–water partition coefficient (Wildman–Crippen LogP) is 1.06. The molecule has 0 aromatic carbocycles. The van der Waals surface area contributed by atoms with Crippen LogP contribution in [0.15, 0.2) is 40.1 Å². The Hall–Kier alpha value is -2.25. The van der Waals surface area contributed by atoms with Gasteiger partial charge in [-0.2, -0.15) is 5.10 Å². The highest BCUT2D eigenvalue weighted by Gasteiger charge is 2.19. The molecule has 7 nitrogen and oxygen atoms in total. The fourth-order valence-electron chi connectivity index (χ4n) is 3.42. The molecule has 0 unspecified atom stereocenters. The highest BCUT2D eigenvalue weighted by atomic mass is 16.1. The zero-order valence-electron chi connectivity index (χ0n) is 17.4. The smallest absolute Gasteiger partial charge is 0.266 e. The SMILES string of the molecule is Cn1cc(CN2CCN(CCn3nc(C(C)(C)C)ccc3=O)CC2)ccc1=O. The molecule has 0 N–H and O–H groups in total. The summed E-state index contributed by atoms with van der Waals surface area (Å²) in [5.41, 5.74) is 2.01. The van der Waals surface area contributed by atoms with Gasteiger partial charge in [0.2, 0.25) is 5.56 Å². The molecule has 28 heavy (non-hydrogen) atoms. The lowest BCUT2D eigenvalue weighted by molar-refractivity contribution is 0.122. The van der Waals surface area contributed by atoms with Crippen molar-refractivity contribution < 1.29 is 0 Å². The molecule has 3 heterocycles. The number of piperazine rings is 1. The Morgan fingerprint density at radius 3 is 2.18 bits per heavy atom. The van der Waals surface area contributed by atoms with Crippen LogP contribution in [0.25, 0.3) is 0 Å². The number of hydrogen-bond acceptors (Lipinski definition) is 5. The Bertz CT molecular complexity index is 917. The van der Waals surface area contributed by atoms with E-state index in [1.165, 1.54) is 0 Å². The van der Waals surface area contributed by atoms with E-state index in [9.17, 15) is 9.59 Å². The van der Waals surface area contributed by atoms with Gasteiger partial charge in [-0.15, -0.1) is 0 Å². The molecule has 2 aromatic heterocycles. The van der Waals surface area contributed by atoms with Crippen molar-refractivity contribution in [3.05, 3.63) is 62.4 Å². The summed E-state index contributed by atoms with van der Waals surface area (Å²) in [6.45, 7) is 12.5. The molecular formula is C21H31N5O2. The summed E-state index contributed by atoms with van der Waals surface area (Å²) in [6, 6.07) is 6.99. The first-order chi connectivity index (χ1) is 13.2. The van der Waals surface area contributed by atoms with E-state index in [-0.39, 0.29) is 16.5 Å². The molecule has 152 valence electrons. The van der Waals surface area contributed by atoms with Crippen molar-refractivity contribution in [2.75, 3.05) is 32.7 Å². The van der Waals surface area contributed by atoms with Crippen molar-refractivity contribution in [3.8, 4) is 0 Å². The largest absolute Gasteiger partial charge is 0.318 e. The van der Waals surface area contributed by atoms with Crippen molar-refractivity contribution in [2.24, 2.45) is 7.05 Å². The highest BCUT2D eigenvalue weighted by molar-refractivity contribution is 5.11. The molecule has 0 bridgehead atoms. The van der Waals surface area contributed by atoms with Gasteiger partial charge in [0.15, 0.2) is 0 Å². The lowest BCUT2D eigenvalue weighted by Gasteiger charge is -2.34. The molecule has 2 aromatic rings. The van der Waals surface area contributed by atoms with Crippen LogP contribution < -0.4 is 11.1 Å². The zero-order chi connectivity index (χ0) is 20.3. The first-order valence-corrected chi connectivity index (χ1v) is 9.91. The van der Waals surface area contributed by atoms with E-state index in [1.54, 1.807) is 28.4 Å². The number of pyridine rings is 1. The van der Waals surface area contributed by atoms with Gasteiger partial charge in [-0.25, -0.2) is 4.68 Å². The molecular weight excluding hydrogens is 354 g/mol. The van der Waals surface area contributed by atoms with Crippen LogP contribution in [0.1, 0.15) is 32.0 Å². The second-order valence-corrected chi connectivity index (χ2v) is 8.63. The molecule has 0 saturated carbocycles. The molecule has 3 rings (SSSR count). The van der Waals surface area contributed by atoms with Crippen molar-refractivity contribution >= 4 is 0 Å². The van der Waals surface area contributed by atoms with Gasteiger partial charge in [0, 0.05) is 70.1 Å². The van der Waals surface area contributed by atoms with Crippen LogP contribution in [-0.4, -0.2) is 56.9 Å². The van der Waals surface area contributed by atoms with Gasteiger partial charge < -0.3 is 4.57 Å². The summed E-state index contributed by atoms with van der Waals surface area (Å²) in [5, 5.41) is 4.55. The average Bonchev–Trinajstić information content (AvgIpc) is 2.64. The number of aryl methyl sites for hydroxylation is 1. The number of rotatable bonds is 5. The maximum Gasteiger partial charge on any atom is 0.266 e. The number of nitrogens with zero attached hydrogens (tertiary/aromatic N) is 5. The summed E-state index contributed by atoms with van der Waals surface area (Å²) >= 11 is 0. The van der Waals surface area contributed by atoms with E-state index in [2.05, 4.69) is 35.7 Å². The van der Waals surface area contributed by atoms with E-state index in [4.69, 9.17) is 0 Å². The van der Waals surface area contributed by atoms with E-state index >= 15 is 0 Å². The minimum atomic E-state index is -0.0675. The number of hydrogen-bond donors (Lipinski definition) is 0. The Kier molecular flexibility index (Phi) is 6.15. The standard InChI is InChI=1S/C21H31N5O2/c1-21(2,3)18-6-8-20(28)26(22-18)14-13-24-9-11-25(12-10-24)16-17-5-7-19(27)23(4)15-17/h5-8,15H,9-14,16H2,1-4H3. The van der Waals surface area contributed by atoms with Crippen molar-refractivity contribution in [2.45, 2.75) is 39.3 Å². The van der Waals surface area contributed by atoms with Crippen LogP contribution in [0.3, 0.4) is 0 Å².